The number of pyridine rings is 1. The van der Waals surface area contributed by atoms with Crippen molar-refractivity contribution in [2.24, 2.45) is 0 Å². The lowest BCUT2D eigenvalue weighted by Gasteiger charge is -2.12. The van der Waals surface area contributed by atoms with E-state index in [1.165, 1.54) is 0 Å². The Labute approximate surface area is 118 Å². The van der Waals surface area contributed by atoms with Crippen LogP contribution in [0.1, 0.15) is 31.0 Å². The lowest BCUT2D eigenvalue weighted by Crippen LogP contribution is -2.31. The number of nitrogens with zero attached hydrogens (tertiary/aromatic N) is 1. The fourth-order valence-electron chi connectivity index (χ4n) is 1.66. The first kappa shape index (κ1) is 15.7. The van der Waals surface area contributed by atoms with Gasteiger partial charge in [-0.1, -0.05) is 18.5 Å². The molecule has 1 aromatic heterocycles. The zero-order valence-electron chi connectivity index (χ0n) is 11.5. The van der Waals surface area contributed by atoms with E-state index in [0.717, 1.165) is 11.3 Å². The van der Waals surface area contributed by atoms with E-state index in [-0.39, 0.29) is 17.3 Å². The number of aliphatic hydroxyl groups excluding tert-OH is 1. The maximum absolute atomic E-state index is 11.7. The molecular weight excluding hydrogens is 266 g/mol. The van der Waals surface area contributed by atoms with E-state index in [9.17, 15) is 9.90 Å². The van der Waals surface area contributed by atoms with E-state index in [0.29, 0.717) is 25.1 Å². The Morgan fingerprint density at radius 3 is 2.79 bits per heavy atom. The van der Waals surface area contributed by atoms with Crippen molar-refractivity contribution >= 4 is 23.3 Å². The van der Waals surface area contributed by atoms with Gasteiger partial charge >= 0.3 is 6.03 Å². The molecule has 0 spiro atoms. The molecule has 0 aromatic carbocycles. The first-order chi connectivity index (χ1) is 8.93. The molecule has 3 N–H and O–H groups in total. The van der Waals surface area contributed by atoms with E-state index in [1.807, 2.05) is 26.8 Å². The quantitative estimate of drug-likeness (QED) is 0.728. The Balaban J connectivity index is 2.53. The second-order valence-corrected chi connectivity index (χ2v) is 4.84. The first-order valence-corrected chi connectivity index (χ1v) is 6.68. The monoisotopic (exact) mass is 285 g/mol. The van der Waals surface area contributed by atoms with Crippen molar-refractivity contribution in [3.8, 4) is 0 Å². The van der Waals surface area contributed by atoms with Gasteiger partial charge in [-0.25, -0.2) is 9.78 Å². The molecule has 2 amide bonds. The van der Waals surface area contributed by atoms with Gasteiger partial charge in [0.25, 0.3) is 0 Å². The Kier molecular flexibility index (Phi) is 6.05. The Morgan fingerprint density at radius 1 is 1.53 bits per heavy atom. The second-order valence-electron chi connectivity index (χ2n) is 4.48. The van der Waals surface area contributed by atoms with Gasteiger partial charge in [0, 0.05) is 12.2 Å². The van der Waals surface area contributed by atoms with Crippen LogP contribution in [0.3, 0.4) is 0 Å². The SMILES string of the molecule is CCC(O)CCNC(=O)Nc1c(C)cc(C)nc1Cl. The van der Waals surface area contributed by atoms with Crippen LogP contribution < -0.4 is 10.6 Å². The number of aryl methyl sites for hydroxylation is 2. The Hall–Kier alpha value is -1.33. The topological polar surface area (TPSA) is 74.2 Å². The number of aromatic nitrogens is 1. The van der Waals surface area contributed by atoms with E-state index >= 15 is 0 Å². The van der Waals surface area contributed by atoms with Gasteiger partial charge in [-0.3, -0.25) is 0 Å². The molecule has 5 nitrogen and oxygen atoms in total. The van der Waals surface area contributed by atoms with Gasteiger partial charge < -0.3 is 15.7 Å². The Bertz CT molecular complexity index is 429. The van der Waals surface area contributed by atoms with Crippen molar-refractivity contribution in [1.82, 2.24) is 10.3 Å². The largest absolute Gasteiger partial charge is 0.393 e. The molecule has 0 saturated carbocycles. The fraction of sp³-hybridized carbons (Fsp3) is 0.538. The lowest BCUT2D eigenvalue weighted by molar-refractivity contribution is 0.160. The highest BCUT2D eigenvalue weighted by Gasteiger charge is 2.10. The van der Waals surface area contributed by atoms with E-state index < -0.39 is 0 Å². The van der Waals surface area contributed by atoms with Crippen molar-refractivity contribution in [3.63, 3.8) is 0 Å². The van der Waals surface area contributed by atoms with Crippen LogP contribution in [0.2, 0.25) is 5.15 Å². The maximum Gasteiger partial charge on any atom is 0.319 e. The summed E-state index contributed by atoms with van der Waals surface area (Å²) in [6, 6.07) is 1.50. The van der Waals surface area contributed by atoms with Gasteiger partial charge in [0.15, 0.2) is 5.15 Å². The minimum Gasteiger partial charge on any atom is -0.393 e. The molecule has 0 bridgehead atoms. The molecule has 1 aromatic rings. The standard InChI is InChI=1S/C13H20ClN3O2/c1-4-10(18)5-6-15-13(19)17-11-8(2)7-9(3)16-12(11)14/h7,10,18H,4-6H2,1-3H3,(H2,15,17,19). The molecule has 0 aliphatic carbocycles. The third-order valence-electron chi connectivity index (χ3n) is 2.77. The zero-order valence-corrected chi connectivity index (χ0v) is 12.2. The Morgan fingerprint density at radius 2 is 2.21 bits per heavy atom. The molecular formula is C13H20ClN3O2. The van der Waals surface area contributed by atoms with Crippen molar-refractivity contribution in [1.29, 1.82) is 0 Å². The number of urea groups is 1. The van der Waals surface area contributed by atoms with Gasteiger partial charge in [-0.05, 0) is 38.3 Å². The summed E-state index contributed by atoms with van der Waals surface area (Å²) in [6.45, 7) is 6.01. The van der Waals surface area contributed by atoms with Crippen LogP contribution in [-0.2, 0) is 0 Å². The molecule has 0 fully saturated rings. The summed E-state index contributed by atoms with van der Waals surface area (Å²) in [5.74, 6) is 0. The van der Waals surface area contributed by atoms with Crippen LogP contribution in [0.15, 0.2) is 6.07 Å². The van der Waals surface area contributed by atoms with Crippen molar-refractivity contribution in [3.05, 3.63) is 22.5 Å². The molecule has 0 radical (unpaired) electrons. The molecule has 1 atom stereocenters. The minimum absolute atomic E-state index is 0.279. The van der Waals surface area contributed by atoms with E-state index in [4.69, 9.17) is 11.6 Å². The number of carbonyl (C=O) groups excluding carboxylic acids is 1. The molecule has 19 heavy (non-hydrogen) atoms. The van der Waals surface area contributed by atoms with E-state index in [2.05, 4.69) is 15.6 Å². The van der Waals surface area contributed by atoms with Gasteiger partial charge in [0.05, 0.1) is 11.8 Å². The number of nitrogens with one attached hydrogen (secondary N) is 2. The molecule has 1 unspecified atom stereocenters. The van der Waals surface area contributed by atoms with Crippen molar-refractivity contribution in [2.75, 3.05) is 11.9 Å². The number of amides is 2. The number of rotatable bonds is 5. The average molecular weight is 286 g/mol. The van der Waals surface area contributed by atoms with Crippen LogP contribution in [0, 0.1) is 13.8 Å². The lowest BCUT2D eigenvalue weighted by atomic mass is 10.2. The van der Waals surface area contributed by atoms with Crippen LogP contribution in [0.5, 0.6) is 0 Å². The van der Waals surface area contributed by atoms with E-state index in [1.54, 1.807) is 0 Å². The minimum atomic E-state index is -0.383. The van der Waals surface area contributed by atoms with Crippen LogP contribution in [0.25, 0.3) is 0 Å². The number of hydrogen-bond donors (Lipinski definition) is 3. The second kappa shape index (κ2) is 7.31. The van der Waals surface area contributed by atoms with Gasteiger partial charge in [-0.2, -0.15) is 0 Å². The molecule has 1 heterocycles. The third-order valence-corrected chi connectivity index (χ3v) is 3.05. The summed E-state index contributed by atoms with van der Waals surface area (Å²) >= 11 is 5.99. The van der Waals surface area contributed by atoms with Crippen LogP contribution >= 0.6 is 11.6 Å². The molecule has 0 aliphatic rings. The molecule has 106 valence electrons. The van der Waals surface area contributed by atoms with Gasteiger partial charge in [0.2, 0.25) is 0 Å². The van der Waals surface area contributed by atoms with Crippen LogP contribution in [0.4, 0.5) is 10.5 Å². The summed E-state index contributed by atoms with van der Waals surface area (Å²) in [6.07, 6.45) is 0.825. The molecule has 6 heteroatoms. The average Bonchev–Trinajstić information content (AvgIpc) is 2.33. The van der Waals surface area contributed by atoms with Gasteiger partial charge in [-0.15, -0.1) is 0 Å². The maximum atomic E-state index is 11.7. The number of halogens is 1. The molecule has 0 aliphatic heterocycles. The smallest absolute Gasteiger partial charge is 0.319 e. The van der Waals surface area contributed by atoms with Gasteiger partial charge in [0.1, 0.15) is 0 Å². The highest BCUT2D eigenvalue weighted by molar-refractivity contribution is 6.32. The predicted molar refractivity (Wildman–Crippen MR) is 76.7 cm³/mol. The molecule has 1 rings (SSSR count). The third kappa shape index (κ3) is 5.04. The zero-order chi connectivity index (χ0) is 14.4. The van der Waals surface area contributed by atoms with Crippen molar-refractivity contribution < 1.29 is 9.90 Å². The van der Waals surface area contributed by atoms with Crippen molar-refractivity contribution in [2.45, 2.75) is 39.7 Å². The summed E-state index contributed by atoms with van der Waals surface area (Å²) in [4.78, 5) is 15.8. The highest BCUT2D eigenvalue weighted by Crippen LogP contribution is 2.24. The summed E-state index contributed by atoms with van der Waals surface area (Å²) in [5.41, 5.74) is 2.18. The number of aliphatic hydroxyl groups is 1. The first-order valence-electron chi connectivity index (χ1n) is 6.30. The number of carbonyl (C=O) groups is 1. The predicted octanol–water partition coefficient (Wildman–Crippen LogP) is 2.63. The summed E-state index contributed by atoms with van der Waals surface area (Å²) < 4.78 is 0. The highest BCUT2D eigenvalue weighted by atomic mass is 35.5. The number of hydrogen-bond acceptors (Lipinski definition) is 3. The summed E-state index contributed by atoms with van der Waals surface area (Å²) in [5, 5.41) is 15.0. The molecule has 0 saturated heterocycles. The normalized spacial score (nSPS) is 12.1. The van der Waals surface area contributed by atoms with Crippen LogP contribution in [-0.4, -0.2) is 28.8 Å². The number of anilines is 1. The fourth-order valence-corrected chi connectivity index (χ4v) is 1.99. The summed E-state index contributed by atoms with van der Waals surface area (Å²) in [7, 11) is 0.